The van der Waals surface area contributed by atoms with Crippen LogP contribution in [0, 0.1) is 5.92 Å². The molecular formula is C14H21BrN2O2. The van der Waals surface area contributed by atoms with Crippen molar-refractivity contribution in [3.63, 3.8) is 0 Å². The van der Waals surface area contributed by atoms with E-state index in [4.69, 9.17) is 4.74 Å². The van der Waals surface area contributed by atoms with E-state index in [1.54, 1.807) is 0 Å². The van der Waals surface area contributed by atoms with Crippen LogP contribution in [-0.4, -0.2) is 29.7 Å². The van der Waals surface area contributed by atoms with Gasteiger partial charge in [0, 0.05) is 36.3 Å². The summed E-state index contributed by atoms with van der Waals surface area (Å²) in [6.45, 7) is 6.46. The lowest BCUT2D eigenvalue weighted by molar-refractivity contribution is 0.0823. The highest BCUT2D eigenvalue weighted by Crippen LogP contribution is 2.22. The van der Waals surface area contributed by atoms with Gasteiger partial charge < -0.3 is 14.6 Å². The molecule has 0 aromatic carbocycles. The molecule has 2 rings (SSSR count). The molecule has 2 heterocycles. The SMILES string of the molecule is CCC1OCCC1CNC(=O)c1cc(Br)cn1CC. The van der Waals surface area contributed by atoms with E-state index in [9.17, 15) is 4.79 Å². The van der Waals surface area contributed by atoms with Gasteiger partial charge in [-0.3, -0.25) is 4.79 Å². The summed E-state index contributed by atoms with van der Waals surface area (Å²) in [5.74, 6) is 0.441. The number of nitrogens with zero attached hydrogens (tertiary/aromatic N) is 1. The third kappa shape index (κ3) is 3.39. The maximum atomic E-state index is 12.2. The van der Waals surface area contributed by atoms with Crippen molar-refractivity contribution in [1.82, 2.24) is 9.88 Å². The van der Waals surface area contributed by atoms with Gasteiger partial charge in [0.1, 0.15) is 5.69 Å². The second-order valence-corrected chi connectivity index (χ2v) is 5.82. The summed E-state index contributed by atoms with van der Waals surface area (Å²) < 4.78 is 8.52. The second-order valence-electron chi connectivity index (χ2n) is 4.91. The standard InChI is InChI=1S/C14H21BrN2O2/c1-3-13-10(5-6-19-13)8-16-14(18)12-7-11(15)9-17(12)4-2/h7,9-10,13H,3-6,8H2,1-2H3,(H,16,18). The van der Waals surface area contributed by atoms with Gasteiger partial charge in [-0.05, 0) is 41.8 Å². The molecule has 4 nitrogen and oxygen atoms in total. The molecule has 1 saturated heterocycles. The number of ether oxygens (including phenoxy) is 1. The smallest absolute Gasteiger partial charge is 0.267 e. The topological polar surface area (TPSA) is 43.3 Å². The summed E-state index contributed by atoms with van der Waals surface area (Å²) in [6, 6.07) is 1.86. The summed E-state index contributed by atoms with van der Waals surface area (Å²) in [4.78, 5) is 12.2. The van der Waals surface area contributed by atoms with Crippen molar-refractivity contribution in [3.05, 3.63) is 22.4 Å². The van der Waals surface area contributed by atoms with Gasteiger partial charge in [0.25, 0.3) is 5.91 Å². The Bertz CT molecular complexity index is 445. The lowest BCUT2D eigenvalue weighted by atomic mass is 10.00. The first-order valence-corrected chi connectivity index (χ1v) is 7.70. The molecule has 0 spiro atoms. The molecule has 0 bridgehead atoms. The predicted octanol–water partition coefficient (Wildman–Crippen LogP) is 2.82. The molecule has 0 aliphatic carbocycles. The van der Waals surface area contributed by atoms with Crippen molar-refractivity contribution in [2.24, 2.45) is 5.92 Å². The molecule has 1 aliphatic heterocycles. The van der Waals surface area contributed by atoms with Gasteiger partial charge >= 0.3 is 0 Å². The van der Waals surface area contributed by atoms with Crippen molar-refractivity contribution in [3.8, 4) is 0 Å². The first-order valence-electron chi connectivity index (χ1n) is 6.91. The zero-order chi connectivity index (χ0) is 13.8. The van der Waals surface area contributed by atoms with Crippen LogP contribution in [-0.2, 0) is 11.3 Å². The van der Waals surface area contributed by atoms with Gasteiger partial charge in [0.05, 0.1) is 6.10 Å². The van der Waals surface area contributed by atoms with Gasteiger partial charge in [-0.2, -0.15) is 0 Å². The zero-order valence-electron chi connectivity index (χ0n) is 11.5. The number of aryl methyl sites for hydroxylation is 1. The molecule has 1 aliphatic rings. The minimum Gasteiger partial charge on any atom is -0.378 e. The third-order valence-corrected chi connectivity index (χ3v) is 4.14. The highest BCUT2D eigenvalue weighted by molar-refractivity contribution is 9.10. The summed E-state index contributed by atoms with van der Waals surface area (Å²) in [5.41, 5.74) is 0.710. The average molecular weight is 329 g/mol. The van der Waals surface area contributed by atoms with Gasteiger partial charge in [-0.25, -0.2) is 0 Å². The van der Waals surface area contributed by atoms with Crippen molar-refractivity contribution in [2.45, 2.75) is 39.3 Å². The van der Waals surface area contributed by atoms with Crippen molar-refractivity contribution in [2.75, 3.05) is 13.2 Å². The van der Waals surface area contributed by atoms with Gasteiger partial charge in [0.2, 0.25) is 0 Å². The van der Waals surface area contributed by atoms with E-state index in [0.29, 0.717) is 24.3 Å². The average Bonchev–Trinajstić information content (AvgIpc) is 3.01. The van der Waals surface area contributed by atoms with Crippen molar-refractivity contribution >= 4 is 21.8 Å². The number of amides is 1. The molecule has 19 heavy (non-hydrogen) atoms. The van der Waals surface area contributed by atoms with E-state index < -0.39 is 0 Å². The van der Waals surface area contributed by atoms with Crippen LogP contribution in [0.25, 0.3) is 0 Å². The quantitative estimate of drug-likeness (QED) is 0.903. The molecule has 0 saturated carbocycles. The number of carbonyl (C=O) groups excluding carboxylic acids is 1. The van der Waals surface area contributed by atoms with Crippen LogP contribution in [0.3, 0.4) is 0 Å². The van der Waals surface area contributed by atoms with Crippen LogP contribution in [0.1, 0.15) is 37.2 Å². The Hall–Kier alpha value is -0.810. The molecule has 2 unspecified atom stereocenters. The number of hydrogen-bond acceptors (Lipinski definition) is 2. The monoisotopic (exact) mass is 328 g/mol. The Kier molecular flexibility index (Phi) is 5.05. The Morgan fingerprint density at radius 1 is 1.58 bits per heavy atom. The number of halogens is 1. The second kappa shape index (κ2) is 6.57. The van der Waals surface area contributed by atoms with E-state index in [-0.39, 0.29) is 5.91 Å². The minimum atomic E-state index is -0.00527. The van der Waals surface area contributed by atoms with E-state index >= 15 is 0 Å². The Morgan fingerprint density at radius 2 is 2.37 bits per heavy atom. The lowest BCUT2D eigenvalue weighted by Crippen LogP contribution is -2.33. The molecule has 1 amide bonds. The highest BCUT2D eigenvalue weighted by Gasteiger charge is 2.27. The summed E-state index contributed by atoms with van der Waals surface area (Å²) in [6.07, 6.45) is 4.28. The summed E-state index contributed by atoms with van der Waals surface area (Å²) >= 11 is 3.41. The molecular weight excluding hydrogens is 308 g/mol. The zero-order valence-corrected chi connectivity index (χ0v) is 13.1. The molecule has 106 valence electrons. The molecule has 0 radical (unpaired) electrons. The van der Waals surface area contributed by atoms with Crippen LogP contribution in [0.4, 0.5) is 0 Å². The normalized spacial score (nSPS) is 22.7. The molecule has 2 atom stereocenters. The number of aromatic nitrogens is 1. The Labute approximate surface area is 122 Å². The molecule has 5 heteroatoms. The molecule has 1 fully saturated rings. The lowest BCUT2D eigenvalue weighted by Gasteiger charge is -2.17. The van der Waals surface area contributed by atoms with E-state index in [1.165, 1.54) is 0 Å². The van der Waals surface area contributed by atoms with E-state index in [2.05, 4.69) is 28.2 Å². The number of carbonyl (C=O) groups is 1. The first-order chi connectivity index (χ1) is 9.15. The van der Waals surface area contributed by atoms with Crippen molar-refractivity contribution < 1.29 is 9.53 Å². The fourth-order valence-corrected chi connectivity index (χ4v) is 3.08. The molecule has 1 aromatic heterocycles. The van der Waals surface area contributed by atoms with E-state index in [0.717, 1.165) is 30.5 Å². The van der Waals surface area contributed by atoms with Crippen LogP contribution < -0.4 is 5.32 Å². The minimum absolute atomic E-state index is 0.00527. The Balaban J connectivity index is 1.94. The number of nitrogens with one attached hydrogen (secondary N) is 1. The first kappa shape index (κ1) is 14.6. The third-order valence-electron chi connectivity index (χ3n) is 3.71. The summed E-state index contributed by atoms with van der Waals surface area (Å²) in [5, 5.41) is 3.03. The van der Waals surface area contributed by atoms with Crippen LogP contribution >= 0.6 is 15.9 Å². The maximum Gasteiger partial charge on any atom is 0.267 e. The summed E-state index contributed by atoms with van der Waals surface area (Å²) in [7, 11) is 0. The highest BCUT2D eigenvalue weighted by atomic mass is 79.9. The fourth-order valence-electron chi connectivity index (χ4n) is 2.62. The van der Waals surface area contributed by atoms with Gasteiger partial charge in [-0.15, -0.1) is 0 Å². The van der Waals surface area contributed by atoms with Crippen LogP contribution in [0.15, 0.2) is 16.7 Å². The molecule has 1 N–H and O–H groups in total. The predicted molar refractivity (Wildman–Crippen MR) is 78.3 cm³/mol. The fraction of sp³-hybridized carbons (Fsp3) is 0.643. The maximum absolute atomic E-state index is 12.2. The number of hydrogen-bond donors (Lipinski definition) is 1. The Morgan fingerprint density at radius 3 is 3.05 bits per heavy atom. The van der Waals surface area contributed by atoms with E-state index in [1.807, 2.05) is 23.8 Å². The van der Waals surface area contributed by atoms with Crippen LogP contribution in [0.2, 0.25) is 0 Å². The largest absolute Gasteiger partial charge is 0.378 e. The number of rotatable bonds is 5. The van der Waals surface area contributed by atoms with Crippen LogP contribution in [0.5, 0.6) is 0 Å². The van der Waals surface area contributed by atoms with Gasteiger partial charge in [0.15, 0.2) is 0 Å². The van der Waals surface area contributed by atoms with Gasteiger partial charge in [-0.1, -0.05) is 6.92 Å². The molecule has 1 aromatic rings. The van der Waals surface area contributed by atoms with Crippen molar-refractivity contribution in [1.29, 1.82) is 0 Å².